The van der Waals surface area contributed by atoms with Crippen LogP contribution in [-0.4, -0.2) is 9.97 Å². The van der Waals surface area contributed by atoms with Gasteiger partial charge in [-0.1, -0.05) is 18.2 Å². The highest BCUT2D eigenvalue weighted by molar-refractivity contribution is 5.89. The van der Waals surface area contributed by atoms with Gasteiger partial charge in [0.2, 0.25) is 0 Å². The van der Waals surface area contributed by atoms with Crippen molar-refractivity contribution in [3.63, 3.8) is 0 Å². The van der Waals surface area contributed by atoms with Crippen molar-refractivity contribution in [2.75, 3.05) is 0 Å². The Kier molecular flexibility index (Phi) is 3.54. The number of nitrogens with zero attached hydrogens (tertiary/aromatic N) is 2. The Balaban J connectivity index is 1.90. The minimum Gasteiger partial charge on any atom is -0.264 e. The normalized spacial score (nSPS) is 10.9. The fraction of sp³-hybridized carbons (Fsp3) is 0.0476. The third kappa shape index (κ3) is 2.54. The molecule has 0 amide bonds. The van der Waals surface area contributed by atoms with Crippen molar-refractivity contribution >= 4 is 10.8 Å². The molecule has 0 unspecified atom stereocenters. The summed E-state index contributed by atoms with van der Waals surface area (Å²) in [5.74, 6) is -0.200. The fourth-order valence-electron chi connectivity index (χ4n) is 2.91. The standard InChI is InChI=1S/C21H15FN2/c1-14-11-17(6-7-20(14)22)21-19(3-2-9-24-21)16-4-5-18-13-23-10-8-15(18)12-16/h2-13H,1H3. The summed E-state index contributed by atoms with van der Waals surface area (Å²) in [6.07, 6.45) is 5.41. The monoisotopic (exact) mass is 314 g/mol. The highest BCUT2D eigenvalue weighted by Gasteiger charge is 2.10. The molecule has 0 spiro atoms. The predicted molar refractivity (Wildman–Crippen MR) is 95.1 cm³/mol. The molecule has 0 saturated heterocycles. The molecule has 0 aliphatic rings. The van der Waals surface area contributed by atoms with E-state index < -0.39 is 0 Å². The first kappa shape index (κ1) is 14.5. The molecule has 2 nitrogen and oxygen atoms in total. The Morgan fingerprint density at radius 3 is 2.58 bits per heavy atom. The molecule has 3 heteroatoms. The second kappa shape index (κ2) is 5.85. The summed E-state index contributed by atoms with van der Waals surface area (Å²) in [4.78, 5) is 8.69. The molecule has 116 valence electrons. The molecule has 24 heavy (non-hydrogen) atoms. The number of fused-ring (bicyclic) bond motifs is 1. The summed E-state index contributed by atoms with van der Waals surface area (Å²) in [5.41, 5.74) is 4.50. The Bertz CT molecular complexity index is 1040. The minimum absolute atomic E-state index is 0.200. The lowest BCUT2D eigenvalue weighted by molar-refractivity contribution is 0.619. The van der Waals surface area contributed by atoms with Crippen molar-refractivity contribution in [3.8, 4) is 22.4 Å². The molecule has 0 bridgehead atoms. The van der Waals surface area contributed by atoms with Crippen LogP contribution >= 0.6 is 0 Å². The molecule has 2 aromatic carbocycles. The molecule has 0 fully saturated rings. The molecule has 0 saturated carbocycles. The highest BCUT2D eigenvalue weighted by atomic mass is 19.1. The second-order valence-corrected chi connectivity index (χ2v) is 5.80. The van der Waals surface area contributed by atoms with Gasteiger partial charge in [-0.25, -0.2) is 4.39 Å². The van der Waals surface area contributed by atoms with Crippen molar-refractivity contribution < 1.29 is 4.39 Å². The van der Waals surface area contributed by atoms with Crippen molar-refractivity contribution in [2.45, 2.75) is 6.92 Å². The van der Waals surface area contributed by atoms with Crippen LogP contribution in [0.15, 0.2) is 73.2 Å². The molecule has 4 aromatic rings. The third-order valence-corrected chi connectivity index (χ3v) is 4.19. The molecule has 2 aromatic heterocycles. The number of benzene rings is 2. The minimum atomic E-state index is -0.200. The molecule has 2 heterocycles. The van der Waals surface area contributed by atoms with Gasteiger partial charge in [-0.2, -0.15) is 0 Å². The van der Waals surface area contributed by atoms with Crippen LogP contribution in [0.2, 0.25) is 0 Å². The summed E-state index contributed by atoms with van der Waals surface area (Å²) in [6, 6.07) is 17.3. The van der Waals surface area contributed by atoms with Crippen LogP contribution in [0.4, 0.5) is 4.39 Å². The van der Waals surface area contributed by atoms with Crippen molar-refractivity contribution in [1.29, 1.82) is 0 Å². The van der Waals surface area contributed by atoms with Crippen molar-refractivity contribution in [2.24, 2.45) is 0 Å². The molecule has 4 rings (SSSR count). The van der Waals surface area contributed by atoms with Crippen LogP contribution in [0, 0.1) is 12.7 Å². The summed E-state index contributed by atoms with van der Waals surface area (Å²) in [5, 5.41) is 2.23. The van der Waals surface area contributed by atoms with Crippen LogP contribution in [0.3, 0.4) is 0 Å². The molecule has 0 N–H and O–H groups in total. The number of pyridine rings is 2. The molecular weight excluding hydrogens is 299 g/mol. The zero-order chi connectivity index (χ0) is 16.5. The van der Waals surface area contributed by atoms with E-state index in [2.05, 4.69) is 28.2 Å². The van der Waals surface area contributed by atoms with E-state index in [0.29, 0.717) is 5.56 Å². The van der Waals surface area contributed by atoms with Crippen molar-refractivity contribution in [3.05, 3.63) is 84.6 Å². The van der Waals surface area contributed by atoms with Gasteiger partial charge in [-0.15, -0.1) is 0 Å². The summed E-state index contributed by atoms with van der Waals surface area (Å²) in [6.45, 7) is 1.77. The van der Waals surface area contributed by atoms with Gasteiger partial charge < -0.3 is 0 Å². The maximum atomic E-state index is 13.6. The quantitative estimate of drug-likeness (QED) is 0.494. The molecule has 0 aliphatic heterocycles. The lowest BCUT2D eigenvalue weighted by Crippen LogP contribution is -1.91. The first-order chi connectivity index (χ1) is 11.7. The lowest BCUT2D eigenvalue weighted by Gasteiger charge is -2.11. The average molecular weight is 314 g/mol. The number of aryl methyl sites for hydroxylation is 1. The summed E-state index contributed by atoms with van der Waals surface area (Å²) in [7, 11) is 0. The first-order valence-corrected chi connectivity index (χ1v) is 7.78. The van der Waals surface area contributed by atoms with Gasteiger partial charge in [-0.05, 0) is 59.8 Å². The number of aromatic nitrogens is 2. The Hall–Kier alpha value is -3.07. The summed E-state index contributed by atoms with van der Waals surface area (Å²) < 4.78 is 13.6. The number of rotatable bonds is 2. The predicted octanol–water partition coefficient (Wildman–Crippen LogP) is 5.41. The Morgan fingerprint density at radius 1 is 0.833 bits per heavy atom. The van der Waals surface area contributed by atoms with E-state index in [9.17, 15) is 4.39 Å². The van der Waals surface area contributed by atoms with E-state index in [0.717, 1.165) is 33.2 Å². The zero-order valence-electron chi connectivity index (χ0n) is 13.2. The van der Waals surface area contributed by atoms with E-state index in [1.165, 1.54) is 6.07 Å². The largest absolute Gasteiger partial charge is 0.264 e. The van der Waals surface area contributed by atoms with Crippen LogP contribution < -0.4 is 0 Å². The maximum absolute atomic E-state index is 13.6. The zero-order valence-corrected chi connectivity index (χ0v) is 13.2. The second-order valence-electron chi connectivity index (χ2n) is 5.80. The number of halogens is 1. The topological polar surface area (TPSA) is 25.8 Å². The molecule has 0 aliphatic carbocycles. The van der Waals surface area contributed by atoms with Crippen LogP contribution in [0.5, 0.6) is 0 Å². The fourth-order valence-corrected chi connectivity index (χ4v) is 2.91. The lowest BCUT2D eigenvalue weighted by atomic mass is 9.97. The van der Waals surface area contributed by atoms with Crippen LogP contribution in [0.1, 0.15) is 5.56 Å². The van der Waals surface area contributed by atoms with E-state index in [4.69, 9.17) is 0 Å². The van der Waals surface area contributed by atoms with Gasteiger partial charge >= 0.3 is 0 Å². The Labute approximate surface area is 139 Å². The van der Waals surface area contributed by atoms with Crippen molar-refractivity contribution in [1.82, 2.24) is 9.97 Å². The first-order valence-electron chi connectivity index (χ1n) is 7.78. The van der Waals surface area contributed by atoms with Gasteiger partial charge in [0, 0.05) is 35.1 Å². The molecular formula is C21H15FN2. The van der Waals surface area contributed by atoms with Gasteiger partial charge in [0.15, 0.2) is 0 Å². The smallest absolute Gasteiger partial charge is 0.126 e. The number of hydrogen-bond acceptors (Lipinski definition) is 2. The summed E-state index contributed by atoms with van der Waals surface area (Å²) >= 11 is 0. The van der Waals surface area contributed by atoms with Gasteiger partial charge in [0.1, 0.15) is 5.82 Å². The van der Waals surface area contributed by atoms with E-state index in [1.54, 1.807) is 25.4 Å². The molecule has 0 radical (unpaired) electrons. The van der Waals surface area contributed by atoms with Crippen LogP contribution in [-0.2, 0) is 0 Å². The van der Waals surface area contributed by atoms with Gasteiger partial charge in [0.05, 0.1) is 5.69 Å². The van der Waals surface area contributed by atoms with E-state index >= 15 is 0 Å². The van der Waals surface area contributed by atoms with Crippen LogP contribution in [0.25, 0.3) is 33.2 Å². The maximum Gasteiger partial charge on any atom is 0.126 e. The Morgan fingerprint density at radius 2 is 1.71 bits per heavy atom. The molecule has 0 atom stereocenters. The average Bonchev–Trinajstić information content (AvgIpc) is 2.63. The number of hydrogen-bond donors (Lipinski definition) is 0. The third-order valence-electron chi connectivity index (χ3n) is 4.19. The van der Waals surface area contributed by atoms with E-state index in [-0.39, 0.29) is 5.82 Å². The van der Waals surface area contributed by atoms with Gasteiger partial charge in [-0.3, -0.25) is 9.97 Å². The SMILES string of the molecule is Cc1cc(-c2ncccc2-c2ccc3cnccc3c2)ccc1F. The van der Waals surface area contributed by atoms with Gasteiger partial charge in [0.25, 0.3) is 0 Å². The van der Waals surface area contributed by atoms with E-state index in [1.807, 2.05) is 30.5 Å². The highest BCUT2D eigenvalue weighted by Crippen LogP contribution is 2.32.